The van der Waals surface area contributed by atoms with Gasteiger partial charge >= 0.3 is 0 Å². The first-order valence-electron chi connectivity index (χ1n) is 16.0. The van der Waals surface area contributed by atoms with E-state index in [1.165, 1.54) is 128 Å². The van der Waals surface area contributed by atoms with Crippen molar-refractivity contribution in [2.75, 3.05) is 6.61 Å². The lowest BCUT2D eigenvalue weighted by atomic mass is 9.69. The van der Waals surface area contributed by atoms with Gasteiger partial charge in [-0.2, -0.15) is 0 Å². The first kappa shape index (κ1) is 26.8. The molecule has 0 amide bonds. The van der Waals surface area contributed by atoms with Crippen LogP contribution in [0.1, 0.15) is 142 Å². The normalized spacial score (nSPS) is 39.9. The molecule has 4 aliphatic carbocycles. The van der Waals surface area contributed by atoms with Gasteiger partial charge in [0.15, 0.2) is 0 Å². The van der Waals surface area contributed by atoms with Crippen molar-refractivity contribution in [2.24, 2.45) is 41.4 Å². The average molecular weight is 471 g/mol. The molecule has 0 spiro atoms. The van der Waals surface area contributed by atoms with Gasteiger partial charge in [0.05, 0.1) is 6.10 Å². The molecule has 0 heterocycles. The maximum atomic E-state index is 6.54. The molecule has 1 nitrogen and oxygen atoms in total. The molecule has 0 atom stereocenters. The summed E-state index contributed by atoms with van der Waals surface area (Å²) in [6.45, 7) is 5.58. The molecule has 196 valence electrons. The van der Waals surface area contributed by atoms with Crippen LogP contribution in [0.3, 0.4) is 0 Å². The van der Waals surface area contributed by atoms with Crippen molar-refractivity contribution in [3.8, 4) is 0 Å². The van der Waals surface area contributed by atoms with Gasteiger partial charge in [0.25, 0.3) is 0 Å². The van der Waals surface area contributed by atoms with Crippen LogP contribution in [0.2, 0.25) is 0 Å². The van der Waals surface area contributed by atoms with Crippen LogP contribution in [0.15, 0.2) is 12.2 Å². The summed E-state index contributed by atoms with van der Waals surface area (Å²) in [7, 11) is 0. The Balaban J connectivity index is 1.05. The van der Waals surface area contributed by atoms with Crippen molar-refractivity contribution in [2.45, 2.75) is 148 Å². The lowest BCUT2D eigenvalue weighted by Gasteiger charge is -2.39. The summed E-state index contributed by atoms with van der Waals surface area (Å²) in [5, 5.41) is 0. The number of ether oxygens (including phenoxy) is 1. The zero-order chi connectivity index (χ0) is 23.6. The van der Waals surface area contributed by atoms with Crippen LogP contribution in [-0.4, -0.2) is 12.7 Å². The number of unbranched alkanes of at least 4 members (excludes halogenated alkanes) is 2. The Kier molecular flexibility index (Phi) is 11.4. The second kappa shape index (κ2) is 14.4. The average Bonchev–Trinajstić information content (AvgIpc) is 2.89. The maximum absolute atomic E-state index is 6.54. The van der Waals surface area contributed by atoms with E-state index in [1.807, 2.05) is 0 Å². The van der Waals surface area contributed by atoms with Crippen LogP contribution in [-0.2, 0) is 4.74 Å². The van der Waals surface area contributed by atoms with Crippen molar-refractivity contribution >= 4 is 0 Å². The van der Waals surface area contributed by atoms with Gasteiger partial charge in [0, 0.05) is 6.61 Å². The minimum Gasteiger partial charge on any atom is -0.378 e. The van der Waals surface area contributed by atoms with Gasteiger partial charge in [0.1, 0.15) is 0 Å². The van der Waals surface area contributed by atoms with Crippen LogP contribution < -0.4 is 0 Å². The Bertz CT molecular complexity index is 549. The third-order valence-electron chi connectivity index (χ3n) is 10.9. The zero-order valence-electron chi connectivity index (χ0n) is 23.0. The van der Waals surface area contributed by atoms with Crippen molar-refractivity contribution in [3.63, 3.8) is 0 Å². The summed E-state index contributed by atoms with van der Waals surface area (Å²) < 4.78 is 6.54. The highest BCUT2D eigenvalue weighted by atomic mass is 16.5. The van der Waals surface area contributed by atoms with E-state index in [4.69, 9.17) is 4.74 Å². The van der Waals surface area contributed by atoms with Gasteiger partial charge in [-0.1, -0.05) is 57.6 Å². The molecular weight excluding hydrogens is 412 g/mol. The predicted octanol–water partition coefficient (Wildman–Crippen LogP) is 10.1. The van der Waals surface area contributed by atoms with E-state index in [0.717, 1.165) is 48.0 Å². The molecule has 4 rings (SSSR count). The standard InChI is InChI=1S/C33H58O/c1-3-5-6-8-27-11-17-30(18-12-27)32-21-23-33(24-22-32)34-25-28-13-19-31(20-14-28)29-15-9-26(7-4-2)10-16-29/h4,7,26-33H,3,5-6,8-25H2,1-2H3/b7-4-. The Morgan fingerprint density at radius 1 is 0.588 bits per heavy atom. The molecular formula is C33H58O. The predicted molar refractivity (Wildman–Crippen MR) is 147 cm³/mol. The quantitative estimate of drug-likeness (QED) is 0.228. The van der Waals surface area contributed by atoms with Crippen molar-refractivity contribution < 1.29 is 4.74 Å². The van der Waals surface area contributed by atoms with Crippen LogP contribution in [0.25, 0.3) is 0 Å². The first-order chi connectivity index (χ1) is 16.7. The molecule has 4 aliphatic rings. The molecule has 0 aromatic heterocycles. The fraction of sp³-hybridized carbons (Fsp3) is 0.939. The second-order valence-corrected chi connectivity index (χ2v) is 13.1. The lowest BCUT2D eigenvalue weighted by molar-refractivity contribution is -0.0192. The minimum absolute atomic E-state index is 0.584. The van der Waals surface area contributed by atoms with E-state index in [2.05, 4.69) is 26.0 Å². The van der Waals surface area contributed by atoms with E-state index in [9.17, 15) is 0 Å². The zero-order valence-corrected chi connectivity index (χ0v) is 23.0. The highest BCUT2D eigenvalue weighted by Gasteiger charge is 2.33. The summed E-state index contributed by atoms with van der Waals surface area (Å²) in [4.78, 5) is 0. The van der Waals surface area contributed by atoms with Crippen molar-refractivity contribution in [1.82, 2.24) is 0 Å². The van der Waals surface area contributed by atoms with Crippen LogP contribution in [0.5, 0.6) is 0 Å². The Hall–Kier alpha value is -0.300. The number of allylic oxidation sites excluding steroid dienone is 2. The van der Waals surface area contributed by atoms with E-state index >= 15 is 0 Å². The molecule has 0 N–H and O–H groups in total. The molecule has 0 unspecified atom stereocenters. The third kappa shape index (κ3) is 8.11. The van der Waals surface area contributed by atoms with E-state index < -0.39 is 0 Å². The molecule has 4 fully saturated rings. The topological polar surface area (TPSA) is 9.23 Å². The van der Waals surface area contributed by atoms with Crippen molar-refractivity contribution in [3.05, 3.63) is 12.2 Å². The number of rotatable bonds is 10. The van der Waals surface area contributed by atoms with Gasteiger partial charge in [-0.05, 0) is 138 Å². The second-order valence-electron chi connectivity index (χ2n) is 13.1. The summed E-state index contributed by atoms with van der Waals surface area (Å²) in [6.07, 6.45) is 34.6. The summed E-state index contributed by atoms with van der Waals surface area (Å²) in [5.41, 5.74) is 0. The van der Waals surface area contributed by atoms with Gasteiger partial charge in [-0.3, -0.25) is 0 Å². The SMILES string of the molecule is C/C=C\C1CCC(C2CCC(COC3CCC(C4CCC(CCCCC)CC4)CC3)CC2)CC1. The largest absolute Gasteiger partial charge is 0.378 e. The van der Waals surface area contributed by atoms with Crippen molar-refractivity contribution in [1.29, 1.82) is 0 Å². The minimum atomic E-state index is 0.584. The molecule has 4 saturated carbocycles. The molecule has 34 heavy (non-hydrogen) atoms. The van der Waals surface area contributed by atoms with E-state index in [1.54, 1.807) is 0 Å². The fourth-order valence-electron chi connectivity index (χ4n) is 8.54. The van der Waals surface area contributed by atoms with Gasteiger partial charge in [-0.15, -0.1) is 0 Å². The lowest BCUT2D eigenvalue weighted by Crippen LogP contribution is -2.31. The van der Waals surface area contributed by atoms with Gasteiger partial charge in [-0.25, -0.2) is 0 Å². The third-order valence-corrected chi connectivity index (χ3v) is 10.9. The maximum Gasteiger partial charge on any atom is 0.0575 e. The summed E-state index contributed by atoms with van der Waals surface area (Å²) in [5.74, 6) is 6.93. The van der Waals surface area contributed by atoms with E-state index in [0.29, 0.717) is 6.10 Å². The van der Waals surface area contributed by atoms with Crippen LogP contribution in [0, 0.1) is 41.4 Å². The fourth-order valence-corrected chi connectivity index (χ4v) is 8.54. The number of hydrogen-bond acceptors (Lipinski definition) is 1. The Morgan fingerprint density at radius 2 is 1.09 bits per heavy atom. The monoisotopic (exact) mass is 470 g/mol. The van der Waals surface area contributed by atoms with Crippen LogP contribution >= 0.6 is 0 Å². The molecule has 1 heteroatoms. The molecule has 0 aromatic rings. The Morgan fingerprint density at radius 3 is 1.62 bits per heavy atom. The van der Waals surface area contributed by atoms with Gasteiger partial charge in [0.2, 0.25) is 0 Å². The summed E-state index contributed by atoms with van der Waals surface area (Å²) >= 11 is 0. The molecule has 0 aromatic carbocycles. The number of hydrogen-bond donors (Lipinski definition) is 0. The smallest absolute Gasteiger partial charge is 0.0575 e. The van der Waals surface area contributed by atoms with Crippen LogP contribution in [0.4, 0.5) is 0 Å². The molecule has 0 bridgehead atoms. The molecule has 0 saturated heterocycles. The Labute approximate surface area is 213 Å². The van der Waals surface area contributed by atoms with Gasteiger partial charge < -0.3 is 4.74 Å². The molecule has 0 aliphatic heterocycles. The highest BCUT2D eigenvalue weighted by molar-refractivity contribution is 4.91. The molecule has 0 radical (unpaired) electrons. The highest BCUT2D eigenvalue weighted by Crippen LogP contribution is 2.43. The first-order valence-corrected chi connectivity index (χ1v) is 16.0. The van der Waals surface area contributed by atoms with E-state index in [-0.39, 0.29) is 0 Å². The summed E-state index contributed by atoms with van der Waals surface area (Å²) in [6, 6.07) is 0.